The average molecular weight is 896 g/mol. The fourth-order valence-electron chi connectivity index (χ4n) is 10.4. The van der Waals surface area contributed by atoms with Crippen molar-refractivity contribution in [3.63, 3.8) is 0 Å². The van der Waals surface area contributed by atoms with Gasteiger partial charge in [-0.1, -0.05) is 176 Å². The zero-order valence-corrected chi connectivity index (χ0v) is 38.8. The number of aryl methyl sites for hydroxylation is 2. The molecule has 0 aliphatic heterocycles. The van der Waals surface area contributed by atoms with Crippen LogP contribution in [0.1, 0.15) is 11.1 Å². The lowest BCUT2D eigenvalue weighted by atomic mass is 9.97. The molecule has 3 aromatic heterocycles. The highest BCUT2D eigenvalue weighted by atomic mass is 15.1. The van der Waals surface area contributed by atoms with Crippen molar-refractivity contribution >= 4 is 43.6 Å². The summed E-state index contributed by atoms with van der Waals surface area (Å²) in [5.74, 6) is 1.82. The molecular formula is C65H45N5. The molecule has 13 rings (SSSR count). The lowest BCUT2D eigenvalue weighted by molar-refractivity contribution is 1.06. The number of hydrogen-bond acceptors (Lipinski definition) is 3. The number of fused-ring (bicyclic) bond motifs is 6. The van der Waals surface area contributed by atoms with E-state index < -0.39 is 0 Å². The molecule has 0 amide bonds. The van der Waals surface area contributed by atoms with Crippen LogP contribution in [0.15, 0.2) is 237 Å². The van der Waals surface area contributed by atoms with E-state index in [1.807, 2.05) is 36.4 Å². The van der Waals surface area contributed by atoms with Crippen LogP contribution in [0, 0.1) is 13.8 Å². The fraction of sp³-hybridized carbons (Fsp3) is 0.0308. The van der Waals surface area contributed by atoms with Crippen LogP contribution in [0.4, 0.5) is 0 Å². The van der Waals surface area contributed by atoms with E-state index in [9.17, 15) is 0 Å². The van der Waals surface area contributed by atoms with E-state index >= 15 is 0 Å². The Morgan fingerprint density at radius 2 is 0.729 bits per heavy atom. The van der Waals surface area contributed by atoms with Crippen LogP contribution in [0.5, 0.6) is 0 Å². The van der Waals surface area contributed by atoms with Crippen molar-refractivity contribution in [1.29, 1.82) is 0 Å². The molecular weight excluding hydrogens is 851 g/mol. The van der Waals surface area contributed by atoms with E-state index in [0.717, 1.165) is 55.7 Å². The SMILES string of the molecule is Cc1ccccc1-c1ccc2c(c1)c1cc(-c3ccccc3C)ccc1n2-c1ccc(-c2ccc3c4ccccc4n(-c4ccccc4)c3c2)cc1-c1nc(-c2ccccc2)nc(-c2ccccc2)n1. The van der Waals surface area contributed by atoms with Gasteiger partial charge in [0.2, 0.25) is 0 Å². The maximum Gasteiger partial charge on any atom is 0.166 e. The highest BCUT2D eigenvalue weighted by Gasteiger charge is 2.22. The highest BCUT2D eigenvalue weighted by molar-refractivity contribution is 6.13. The summed E-state index contributed by atoms with van der Waals surface area (Å²) in [6.07, 6.45) is 0. The van der Waals surface area contributed by atoms with Crippen LogP contribution in [-0.2, 0) is 0 Å². The molecule has 0 bridgehead atoms. The molecule has 0 radical (unpaired) electrons. The second-order valence-electron chi connectivity index (χ2n) is 18.1. The Morgan fingerprint density at radius 1 is 0.271 bits per heavy atom. The monoisotopic (exact) mass is 895 g/mol. The molecule has 3 heterocycles. The van der Waals surface area contributed by atoms with Crippen LogP contribution in [0.3, 0.4) is 0 Å². The standard InChI is InChI=1S/C65H45N5/c1-42-18-12-14-26-51(42)48-32-36-59-55(39-48)56-40-49(52-27-15-13-19-43(52)2)33-37-60(56)70(59)61-35-31-46(47-30-34-54-53-28-16-17-29-58(53)69(62(54)41-47)50-24-10-5-11-25-50)38-57(61)65-67-63(44-20-6-3-7-21-44)66-64(68-65)45-22-8-4-9-23-45/h3-41H,1-2H3. The lowest BCUT2D eigenvalue weighted by Crippen LogP contribution is -2.04. The molecule has 70 heavy (non-hydrogen) atoms. The van der Waals surface area contributed by atoms with E-state index in [4.69, 9.17) is 15.0 Å². The second kappa shape index (κ2) is 16.8. The second-order valence-corrected chi connectivity index (χ2v) is 18.1. The van der Waals surface area contributed by atoms with Gasteiger partial charge in [0, 0.05) is 43.9 Å². The zero-order valence-electron chi connectivity index (χ0n) is 38.8. The number of hydrogen-bond donors (Lipinski definition) is 0. The fourth-order valence-corrected chi connectivity index (χ4v) is 10.4. The third-order valence-corrected chi connectivity index (χ3v) is 13.9. The quantitative estimate of drug-likeness (QED) is 0.153. The van der Waals surface area contributed by atoms with Gasteiger partial charge in [0.25, 0.3) is 0 Å². The van der Waals surface area contributed by atoms with Crippen molar-refractivity contribution in [3.8, 4) is 78.9 Å². The summed E-state index contributed by atoms with van der Waals surface area (Å²) in [6, 6.07) is 84.6. The van der Waals surface area contributed by atoms with E-state index in [0.29, 0.717) is 17.5 Å². The van der Waals surface area contributed by atoms with Gasteiger partial charge in [-0.25, -0.2) is 15.0 Å². The van der Waals surface area contributed by atoms with Crippen LogP contribution < -0.4 is 0 Å². The first kappa shape index (κ1) is 41.0. The Balaban J connectivity index is 1.10. The first-order valence-corrected chi connectivity index (χ1v) is 23.8. The van der Waals surface area contributed by atoms with Gasteiger partial charge in [-0.2, -0.15) is 0 Å². The molecule has 0 unspecified atom stereocenters. The molecule has 0 saturated heterocycles. The normalized spacial score (nSPS) is 11.6. The predicted molar refractivity (Wildman–Crippen MR) is 291 cm³/mol. The molecule has 10 aromatic carbocycles. The van der Waals surface area contributed by atoms with Gasteiger partial charge >= 0.3 is 0 Å². The number of para-hydroxylation sites is 2. The summed E-state index contributed by atoms with van der Waals surface area (Å²) in [5.41, 5.74) is 18.8. The van der Waals surface area contributed by atoms with Crippen molar-refractivity contribution in [2.24, 2.45) is 0 Å². The average Bonchev–Trinajstić information content (AvgIpc) is 3.93. The first-order chi connectivity index (χ1) is 34.5. The van der Waals surface area contributed by atoms with Gasteiger partial charge in [-0.15, -0.1) is 0 Å². The minimum atomic E-state index is 0.590. The Bertz CT molecular complexity index is 3970. The number of nitrogens with zero attached hydrogens (tertiary/aromatic N) is 5. The van der Waals surface area contributed by atoms with Crippen LogP contribution in [-0.4, -0.2) is 24.1 Å². The molecule has 330 valence electrons. The van der Waals surface area contributed by atoms with Crippen LogP contribution >= 0.6 is 0 Å². The molecule has 13 aromatic rings. The Labute approximate surface area is 406 Å². The van der Waals surface area contributed by atoms with E-state index in [1.165, 1.54) is 60.4 Å². The first-order valence-electron chi connectivity index (χ1n) is 23.8. The summed E-state index contributed by atoms with van der Waals surface area (Å²) in [4.78, 5) is 15.9. The molecule has 0 spiro atoms. The van der Waals surface area contributed by atoms with Crippen molar-refractivity contribution < 1.29 is 0 Å². The summed E-state index contributed by atoms with van der Waals surface area (Å²) < 4.78 is 4.79. The number of rotatable bonds is 8. The smallest absolute Gasteiger partial charge is 0.166 e. The van der Waals surface area contributed by atoms with Gasteiger partial charge in [0.1, 0.15) is 0 Å². The molecule has 5 heteroatoms. The van der Waals surface area contributed by atoms with E-state index in [-0.39, 0.29) is 0 Å². The van der Waals surface area contributed by atoms with Crippen LogP contribution in [0.2, 0.25) is 0 Å². The topological polar surface area (TPSA) is 48.5 Å². The highest BCUT2D eigenvalue weighted by Crippen LogP contribution is 2.42. The van der Waals surface area contributed by atoms with Crippen molar-refractivity contribution in [3.05, 3.63) is 248 Å². The summed E-state index contributed by atoms with van der Waals surface area (Å²) in [6.45, 7) is 4.38. The summed E-state index contributed by atoms with van der Waals surface area (Å²) >= 11 is 0. The lowest BCUT2D eigenvalue weighted by Gasteiger charge is -2.17. The molecule has 5 nitrogen and oxygen atoms in total. The van der Waals surface area contributed by atoms with E-state index in [1.54, 1.807) is 0 Å². The Kier molecular flexibility index (Phi) is 9.88. The molecule has 0 N–H and O–H groups in total. The largest absolute Gasteiger partial charge is 0.309 e. The number of aromatic nitrogens is 5. The van der Waals surface area contributed by atoms with Gasteiger partial charge < -0.3 is 9.13 Å². The Hall–Kier alpha value is -9.19. The molecule has 0 aliphatic rings. The van der Waals surface area contributed by atoms with Crippen molar-refractivity contribution in [2.45, 2.75) is 13.8 Å². The molecule has 0 saturated carbocycles. The maximum absolute atomic E-state index is 5.38. The third kappa shape index (κ3) is 6.98. The van der Waals surface area contributed by atoms with Crippen LogP contribution in [0.25, 0.3) is 123 Å². The minimum absolute atomic E-state index is 0.590. The predicted octanol–water partition coefficient (Wildman–Crippen LogP) is 16.7. The molecule has 0 aliphatic carbocycles. The van der Waals surface area contributed by atoms with E-state index in [2.05, 4.69) is 223 Å². The Morgan fingerprint density at radius 3 is 1.33 bits per heavy atom. The molecule has 0 atom stereocenters. The number of benzene rings is 10. The molecule has 0 fully saturated rings. The van der Waals surface area contributed by atoms with Gasteiger partial charge in [0.15, 0.2) is 17.5 Å². The van der Waals surface area contributed by atoms with Gasteiger partial charge in [0.05, 0.1) is 27.8 Å². The van der Waals surface area contributed by atoms with Gasteiger partial charge in [-0.3, -0.25) is 0 Å². The van der Waals surface area contributed by atoms with Gasteiger partial charge in [-0.05, 0) is 119 Å². The zero-order chi connectivity index (χ0) is 46.7. The summed E-state index contributed by atoms with van der Waals surface area (Å²) in [7, 11) is 0. The van der Waals surface area contributed by atoms with Crippen molar-refractivity contribution in [1.82, 2.24) is 24.1 Å². The van der Waals surface area contributed by atoms with Crippen molar-refractivity contribution in [2.75, 3.05) is 0 Å². The summed E-state index contributed by atoms with van der Waals surface area (Å²) in [5, 5.41) is 4.77. The maximum atomic E-state index is 5.38. The minimum Gasteiger partial charge on any atom is -0.309 e. The third-order valence-electron chi connectivity index (χ3n) is 13.9.